The van der Waals surface area contributed by atoms with E-state index in [1.54, 1.807) is 23.1 Å². The van der Waals surface area contributed by atoms with Gasteiger partial charge in [-0.2, -0.15) is 0 Å². The molecule has 1 amide bonds. The molecule has 0 aromatic heterocycles. The highest BCUT2D eigenvalue weighted by atomic mass is 16.6. The highest BCUT2D eigenvalue weighted by Crippen LogP contribution is 2.31. The fourth-order valence-corrected chi connectivity index (χ4v) is 2.29. The number of aliphatic hydroxyl groups excluding tert-OH is 1. The molecule has 5 nitrogen and oxygen atoms in total. The highest BCUT2D eigenvalue weighted by molar-refractivity contribution is 5.95. The second kappa shape index (κ2) is 4.49. The van der Waals surface area contributed by atoms with Gasteiger partial charge in [0.05, 0.1) is 6.10 Å². The molecule has 5 heteroatoms. The molecule has 2 heterocycles. The van der Waals surface area contributed by atoms with Crippen LogP contribution in [0.1, 0.15) is 16.8 Å². The van der Waals surface area contributed by atoms with E-state index < -0.39 is 6.10 Å². The molecule has 0 aliphatic carbocycles. The maximum Gasteiger partial charge on any atom is 0.254 e. The monoisotopic (exact) mass is 249 g/mol. The van der Waals surface area contributed by atoms with Crippen LogP contribution in [0.15, 0.2) is 18.2 Å². The third-order valence-corrected chi connectivity index (χ3v) is 3.24. The Morgan fingerprint density at radius 3 is 2.78 bits per heavy atom. The van der Waals surface area contributed by atoms with Crippen molar-refractivity contribution in [2.24, 2.45) is 0 Å². The van der Waals surface area contributed by atoms with Gasteiger partial charge in [-0.25, -0.2) is 0 Å². The maximum absolute atomic E-state index is 12.2. The summed E-state index contributed by atoms with van der Waals surface area (Å²) in [6.07, 6.45) is 0.252. The molecular weight excluding hydrogens is 234 g/mol. The zero-order valence-electron chi connectivity index (χ0n) is 9.96. The molecule has 3 rings (SSSR count). The minimum atomic E-state index is -0.397. The van der Waals surface area contributed by atoms with E-state index in [4.69, 9.17) is 9.47 Å². The molecule has 2 aliphatic rings. The van der Waals surface area contributed by atoms with Gasteiger partial charge >= 0.3 is 0 Å². The van der Waals surface area contributed by atoms with Crippen LogP contribution < -0.4 is 9.47 Å². The number of hydrogen-bond donors (Lipinski definition) is 1. The van der Waals surface area contributed by atoms with E-state index in [0.717, 1.165) is 0 Å². The summed E-state index contributed by atoms with van der Waals surface area (Å²) < 4.78 is 10.9. The summed E-state index contributed by atoms with van der Waals surface area (Å²) in [5.41, 5.74) is 0.577. The Morgan fingerprint density at radius 1 is 1.28 bits per heavy atom. The largest absolute Gasteiger partial charge is 0.486 e. The predicted molar refractivity (Wildman–Crippen MR) is 64.0 cm³/mol. The van der Waals surface area contributed by atoms with Crippen LogP contribution in [-0.4, -0.2) is 48.3 Å². The first-order valence-electron chi connectivity index (χ1n) is 6.11. The first-order valence-corrected chi connectivity index (χ1v) is 6.11. The second-order valence-electron chi connectivity index (χ2n) is 4.55. The van der Waals surface area contributed by atoms with Crippen LogP contribution in [0.25, 0.3) is 0 Å². The minimum Gasteiger partial charge on any atom is -0.486 e. The van der Waals surface area contributed by atoms with Gasteiger partial charge in [-0.3, -0.25) is 4.79 Å². The molecular formula is C13H15NO4. The molecule has 1 unspecified atom stereocenters. The number of β-amino-alcohol motifs (C(OH)–C–C–N with tert-alkyl or cyclic N) is 1. The molecule has 96 valence electrons. The number of ether oxygens (including phenoxy) is 2. The first kappa shape index (κ1) is 11.3. The molecule has 0 spiro atoms. The van der Waals surface area contributed by atoms with Gasteiger partial charge in [0.2, 0.25) is 0 Å². The summed E-state index contributed by atoms with van der Waals surface area (Å²) in [5.74, 6) is 1.23. The van der Waals surface area contributed by atoms with E-state index in [1.165, 1.54) is 0 Å². The summed E-state index contributed by atoms with van der Waals surface area (Å²) in [7, 11) is 0. The number of carbonyl (C=O) groups is 1. The molecule has 1 aromatic carbocycles. The Labute approximate surface area is 105 Å². The Balaban J connectivity index is 1.81. The van der Waals surface area contributed by atoms with Crippen LogP contribution in [0.5, 0.6) is 11.5 Å². The van der Waals surface area contributed by atoms with Crippen LogP contribution in [-0.2, 0) is 0 Å². The molecule has 1 aromatic rings. The van der Waals surface area contributed by atoms with Crippen molar-refractivity contribution in [3.8, 4) is 11.5 Å². The summed E-state index contributed by atoms with van der Waals surface area (Å²) in [5, 5.41) is 9.45. The number of hydrogen-bond acceptors (Lipinski definition) is 4. The van der Waals surface area contributed by atoms with Gasteiger partial charge in [0, 0.05) is 18.7 Å². The Morgan fingerprint density at radius 2 is 2.06 bits per heavy atom. The van der Waals surface area contributed by atoms with Gasteiger partial charge in [0.25, 0.3) is 5.91 Å². The molecule has 1 fully saturated rings. The average Bonchev–Trinajstić information content (AvgIpc) is 2.84. The zero-order chi connectivity index (χ0) is 12.5. The van der Waals surface area contributed by atoms with Crippen molar-refractivity contribution in [1.82, 2.24) is 4.90 Å². The van der Waals surface area contributed by atoms with E-state index in [1.807, 2.05) is 0 Å². The molecule has 0 radical (unpaired) electrons. The van der Waals surface area contributed by atoms with Crippen LogP contribution >= 0.6 is 0 Å². The number of nitrogens with zero attached hydrogens (tertiary/aromatic N) is 1. The smallest absolute Gasteiger partial charge is 0.254 e. The van der Waals surface area contributed by atoms with Crippen molar-refractivity contribution in [3.05, 3.63) is 23.8 Å². The Kier molecular flexibility index (Phi) is 2.83. The molecule has 0 saturated carbocycles. The SMILES string of the molecule is O=C(c1ccc2c(c1)OCCO2)N1CCC(O)C1. The number of amides is 1. The van der Waals surface area contributed by atoms with E-state index >= 15 is 0 Å². The van der Waals surface area contributed by atoms with Gasteiger partial charge in [-0.15, -0.1) is 0 Å². The van der Waals surface area contributed by atoms with Gasteiger partial charge in [0.1, 0.15) is 13.2 Å². The van der Waals surface area contributed by atoms with E-state index in [0.29, 0.717) is 49.8 Å². The lowest BCUT2D eigenvalue weighted by molar-refractivity contribution is 0.0764. The lowest BCUT2D eigenvalue weighted by Gasteiger charge is -2.20. The lowest BCUT2D eigenvalue weighted by Crippen LogP contribution is -2.29. The van der Waals surface area contributed by atoms with E-state index in [2.05, 4.69) is 0 Å². The van der Waals surface area contributed by atoms with Crippen molar-refractivity contribution < 1.29 is 19.4 Å². The molecule has 1 atom stereocenters. The van der Waals surface area contributed by atoms with Crippen LogP contribution in [0.4, 0.5) is 0 Å². The van der Waals surface area contributed by atoms with E-state index in [9.17, 15) is 9.90 Å². The van der Waals surface area contributed by atoms with Gasteiger partial charge in [0.15, 0.2) is 11.5 Å². The Bertz CT molecular complexity index is 474. The summed E-state index contributed by atoms with van der Waals surface area (Å²) in [4.78, 5) is 13.9. The number of carbonyl (C=O) groups excluding carboxylic acids is 1. The summed E-state index contributed by atoms with van der Waals surface area (Å²) in [6, 6.07) is 5.20. The molecule has 18 heavy (non-hydrogen) atoms. The molecule has 1 N–H and O–H groups in total. The standard InChI is InChI=1S/C13H15NO4/c15-10-3-4-14(8-10)13(16)9-1-2-11-12(7-9)18-6-5-17-11/h1-2,7,10,15H,3-6,8H2. The normalized spacial score (nSPS) is 22.1. The van der Waals surface area contributed by atoms with Crippen molar-refractivity contribution in [3.63, 3.8) is 0 Å². The second-order valence-corrected chi connectivity index (χ2v) is 4.55. The fourth-order valence-electron chi connectivity index (χ4n) is 2.29. The lowest BCUT2D eigenvalue weighted by atomic mass is 10.1. The Hall–Kier alpha value is -1.75. The minimum absolute atomic E-state index is 0.0662. The molecule has 1 saturated heterocycles. The van der Waals surface area contributed by atoms with Crippen molar-refractivity contribution in [2.45, 2.75) is 12.5 Å². The van der Waals surface area contributed by atoms with Crippen LogP contribution in [0.2, 0.25) is 0 Å². The predicted octanol–water partition coefficient (Wildman–Crippen LogP) is 0.665. The highest BCUT2D eigenvalue weighted by Gasteiger charge is 2.26. The summed E-state index contributed by atoms with van der Waals surface area (Å²) in [6.45, 7) is 2.06. The molecule has 0 bridgehead atoms. The van der Waals surface area contributed by atoms with Gasteiger partial charge in [-0.1, -0.05) is 0 Å². The molecule has 2 aliphatic heterocycles. The quantitative estimate of drug-likeness (QED) is 0.794. The third-order valence-electron chi connectivity index (χ3n) is 3.24. The van der Waals surface area contributed by atoms with E-state index in [-0.39, 0.29) is 5.91 Å². The number of rotatable bonds is 1. The van der Waals surface area contributed by atoms with Crippen LogP contribution in [0, 0.1) is 0 Å². The summed E-state index contributed by atoms with van der Waals surface area (Å²) >= 11 is 0. The van der Waals surface area contributed by atoms with Crippen LogP contribution in [0.3, 0.4) is 0 Å². The topological polar surface area (TPSA) is 59.0 Å². The number of aliphatic hydroxyl groups is 1. The number of fused-ring (bicyclic) bond motifs is 1. The fraction of sp³-hybridized carbons (Fsp3) is 0.462. The van der Waals surface area contributed by atoms with Gasteiger partial charge in [-0.05, 0) is 24.6 Å². The third kappa shape index (κ3) is 2.01. The average molecular weight is 249 g/mol. The van der Waals surface area contributed by atoms with Crippen molar-refractivity contribution >= 4 is 5.91 Å². The number of benzene rings is 1. The number of likely N-dealkylation sites (tertiary alicyclic amines) is 1. The zero-order valence-corrected chi connectivity index (χ0v) is 9.96. The van der Waals surface area contributed by atoms with Crippen molar-refractivity contribution in [2.75, 3.05) is 26.3 Å². The van der Waals surface area contributed by atoms with Crippen molar-refractivity contribution in [1.29, 1.82) is 0 Å². The first-order chi connectivity index (χ1) is 8.74. The maximum atomic E-state index is 12.2. The van der Waals surface area contributed by atoms with Gasteiger partial charge < -0.3 is 19.5 Å².